The Hall–Kier alpha value is -1.10. The summed E-state index contributed by atoms with van der Waals surface area (Å²) < 4.78 is 0. The van der Waals surface area contributed by atoms with Gasteiger partial charge in [0.25, 0.3) is 0 Å². The Morgan fingerprint density at radius 1 is 1.41 bits per heavy atom. The Balaban J connectivity index is 2.60. The first-order valence-electron chi connectivity index (χ1n) is 6.11. The first kappa shape index (κ1) is 14.0. The van der Waals surface area contributed by atoms with E-state index in [1.165, 1.54) is 0 Å². The van der Waals surface area contributed by atoms with Crippen LogP contribution in [0.5, 0.6) is 0 Å². The topological polar surface area (TPSA) is 69.6 Å². The summed E-state index contributed by atoms with van der Waals surface area (Å²) in [6, 6.07) is 0.124. The maximum atomic E-state index is 11.9. The summed E-state index contributed by atoms with van der Waals surface area (Å²) in [6.45, 7) is 5.77. The highest BCUT2D eigenvalue weighted by atomic mass is 16.3. The lowest BCUT2D eigenvalue weighted by molar-refractivity contribution is -0.149. The summed E-state index contributed by atoms with van der Waals surface area (Å²) in [7, 11) is 0. The number of carbonyl (C=O) groups is 2. The molecule has 0 aliphatic carbocycles. The van der Waals surface area contributed by atoms with Crippen molar-refractivity contribution in [3.63, 3.8) is 0 Å². The number of nitrogens with one attached hydrogen (secondary N) is 1. The van der Waals surface area contributed by atoms with Crippen LogP contribution in [-0.2, 0) is 9.59 Å². The second-order valence-electron chi connectivity index (χ2n) is 5.34. The lowest BCUT2D eigenvalue weighted by atomic mass is 10.0. The number of rotatable bonds is 2. The van der Waals surface area contributed by atoms with E-state index in [0.717, 1.165) is 19.3 Å². The Kier molecular flexibility index (Phi) is 4.51. The van der Waals surface area contributed by atoms with Crippen LogP contribution in [0.3, 0.4) is 0 Å². The van der Waals surface area contributed by atoms with Crippen LogP contribution in [0.1, 0.15) is 40.0 Å². The molecule has 17 heavy (non-hydrogen) atoms. The Labute approximate surface area is 102 Å². The molecule has 0 aromatic rings. The maximum Gasteiger partial charge on any atom is 0.312 e. The van der Waals surface area contributed by atoms with Gasteiger partial charge in [-0.25, -0.2) is 0 Å². The van der Waals surface area contributed by atoms with Crippen molar-refractivity contribution in [2.24, 2.45) is 0 Å². The van der Waals surface area contributed by atoms with Crippen LogP contribution in [-0.4, -0.2) is 46.6 Å². The van der Waals surface area contributed by atoms with Crippen LogP contribution < -0.4 is 5.32 Å². The van der Waals surface area contributed by atoms with Gasteiger partial charge in [0.1, 0.15) is 0 Å². The molecule has 1 fully saturated rings. The molecule has 2 N–H and O–H groups in total. The average molecular weight is 242 g/mol. The number of aliphatic hydroxyl groups excluding tert-OH is 1. The van der Waals surface area contributed by atoms with Crippen LogP contribution in [0.15, 0.2) is 0 Å². The summed E-state index contributed by atoms with van der Waals surface area (Å²) in [5.74, 6) is -1.11. The number of aliphatic hydroxyl groups is 1. The second-order valence-corrected chi connectivity index (χ2v) is 5.34. The first-order chi connectivity index (χ1) is 7.87. The largest absolute Gasteiger partial charge is 0.394 e. The monoisotopic (exact) mass is 242 g/mol. The quantitative estimate of drug-likeness (QED) is 0.683. The number of likely N-dealkylation sites (tertiary alicyclic amines) is 1. The third-order valence-corrected chi connectivity index (χ3v) is 3.11. The van der Waals surface area contributed by atoms with Crippen molar-refractivity contribution >= 4 is 11.8 Å². The van der Waals surface area contributed by atoms with Crippen LogP contribution in [0, 0.1) is 0 Å². The van der Waals surface area contributed by atoms with Crippen molar-refractivity contribution in [1.82, 2.24) is 10.2 Å². The van der Waals surface area contributed by atoms with Crippen molar-refractivity contribution < 1.29 is 14.7 Å². The van der Waals surface area contributed by atoms with E-state index in [0.29, 0.717) is 6.54 Å². The zero-order valence-corrected chi connectivity index (χ0v) is 10.8. The molecule has 1 aliphatic rings. The van der Waals surface area contributed by atoms with Gasteiger partial charge in [0.15, 0.2) is 0 Å². The molecular weight excluding hydrogens is 220 g/mol. The normalized spacial score (nSPS) is 21.2. The van der Waals surface area contributed by atoms with E-state index in [1.54, 1.807) is 18.7 Å². The smallest absolute Gasteiger partial charge is 0.312 e. The molecule has 1 aliphatic heterocycles. The van der Waals surface area contributed by atoms with Gasteiger partial charge in [-0.3, -0.25) is 9.59 Å². The van der Waals surface area contributed by atoms with Gasteiger partial charge in [0.2, 0.25) is 0 Å². The van der Waals surface area contributed by atoms with Crippen LogP contribution in [0.25, 0.3) is 0 Å². The summed E-state index contributed by atoms with van der Waals surface area (Å²) >= 11 is 0. The molecular formula is C12H22N2O3. The minimum Gasteiger partial charge on any atom is -0.394 e. The number of hydrogen-bond acceptors (Lipinski definition) is 3. The number of hydrogen-bond donors (Lipinski definition) is 2. The molecule has 1 saturated heterocycles. The summed E-state index contributed by atoms with van der Waals surface area (Å²) in [4.78, 5) is 25.3. The molecule has 1 unspecified atom stereocenters. The summed E-state index contributed by atoms with van der Waals surface area (Å²) in [5.41, 5.74) is -0.758. The predicted molar refractivity (Wildman–Crippen MR) is 64.3 cm³/mol. The van der Waals surface area contributed by atoms with Gasteiger partial charge < -0.3 is 15.3 Å². The molecule has 0 spiro atoms. The van der Waals surface area contributed by atoms with Crippen LogP contribution >= 0.6 is 0 Å². The van der Waals surface area contributed by atoms with Crippen molar-refractivity contribution in [3.05, 3.63) is 0 Å². The van der Waals surface area contributed by atoms with Gasteiger partial charge in [-0.1, -0.05) is 0 Å². The molecule has 5 heteroatoms. The van der Waals surface area contributed by atoms with E-state index < -0.39 is 17.4 Å². The van der Waals surface area contributed by atoms with Gasteiger partial charge >= 0.3 is 11.8 Å². The molecule has 0 aromatic carbocycles. The van der Waals surface area contributed by atoms with Crippen LogP contribution in [0.4, 0.5) is 0 Å². The molecule has 1 rings (SSSR count). The van der Waals surface area contributed by atoms with Crippen LogP contribution in [0.2, 0.25) is 0 Å². The zero-order valence-electron chi connectivity index (χ0n) is 10.8. The maximum absolute atomic E-state index is 11.9. The molecule has 0 saturated carbocycles. The molecule has 0 bridgehead atoms. The van der Waals surface area contributed by atoms with E-state index >= 15 is 0 Å². The number of carbonyl (C=O) groups excluding carboxylic acids is 2. The van der Waals surface area contributed by atoms with E-state index in [-0.39, 0.29) is 12.6 Å². The Morgan fingerprint density at radius 2 is 2.06 bits per heavy atom. The van der Waals surface area contributed by atoms with Crippen molar-refractivity contribution in [2.75, 3.05) is 13.2 Å². The number of amides is 2. The fraction of sp³-hybridized carbons (Fsp3) is 0.833. The third-order valence-electron chi connectivity index (χ3n) is 3.11. The Morgan fingerprint density at radius 3 is 2.59 bits per heavy atom. The molecule has 2 amide bonds. The van der Waals surface area contributed by atoms with E-state index in [2.05, 4.69) is 5.32 Å². The van der Waals surface area contributed by atoms with Gasteiger partial charge in [-0.05, 0) is 40.0 Å². The first-order valence-corrected chi connectivity index (χ1v) is 6.11. The average Bonchev–Trinajstić information content (AvgIpc) is 2.28. The molecule has 0 radical (unpaired) electrons. The lowest BCUT2D eigenvalue weighted by Crippen LogP contribution is -2.54. The van der Waals surface area contributed by atoms with Gasteiger partial charge in [0, 0.05) is 12.6 Å². The van der Waals surface area contributed by atoms with E-state index in [9.17, 15) is 9.59 Å². The summed E-state index contributed by atoms with van der Waals surface area (Å²) in [6.07, 6.45) is 3.00. The minimum absolute atomic E-state index is 0.124. The van der Waals surface area contributed by atoms with E-state index in [4.69, 9.17) is 5.11 Å². The molecule has 5 nitrogen and oxygen atoms in total. The van der Waals surface area contributed by atoms with Gasteiger partial charge in [-0.2, -0.15) is 0 Å². The molecule has 0 aromatic heterocycles. The number of piperidine rings is 1. The fourth-order valence-corrected chi connectivity index (χ4v) is 1.93. The lowest BCUT2D eigenvalue weighted by Gasteiger charge is -2.33. The highest BCUT2D eigenvalue weighted by Crippen LogP contribution is 2.16. The highest BCUT2D eigenvalue weighted by Gasteiger charge is 2.30. The van der Waals surface area contributed by atoms with Gasteiger partial charge in [-0.15, -0.1) is 0 Å². The molecule has 98 valence electrons. The predicted octanol–water partition coefficient (Wildman–Crippen LogP) is 0.274. The fourth-order valence-electron chi connectivity index (χ4n) is 1.93. The summed E-state index contributed by atoms with van der Waals surface area (Å²) in [5, 5.41) is 11.6. The Bertz CT molecular complexity index is 302. The van der Waals surface area contributed by atoms with E-state index in [1.807, 2.05) is 6.92 Å². The van der Waals surface area contributed by atoms with Crippen molar-refractivity contribution in [3.8, 4) is 0 Å². The zero-order chi connectivity index (χ0) is 13.1. The van der Waals surface area contributed by atoms with Gasteiger partial charge in [0.05, 0.1) is 12.1 Å². The number of nitrogens with zero attached hydrogens (tertiary/aromatic N) is 1. The second kappa shape index (κ2) is 5.49. The molecule has 1 heterocycles. The standard InChI is InChI=1S/C12H22N2O3/c1-9-6-4-5-7-14(9)11(17)10(16)13-12(2,3)8-15/h9,15H,4-8H2,1-3H3,(H,13,16). The third kappa shape index (κ3) is 3.70. The molecule has 1 atom stereocenters. The SMILES string of the molecule is CC1CCCCN1C(=O)C(=O)NC(C)(C)CO. The van der Waals surface area contributed by atoms with Crippen molar-refractivity contribution in [1.29, 1.82) is 0 Å². The minimum atomic E-state index is -0.758. The highest BCUT2D eigenvalue weighted by molar-refractivity contribution is 6.35. The van der Waals surface area contributed by atoms with Crippen molar-refractivity contribution in [2.45, 2.75) is 51.6 Å².